The molecule has 1 aromatic carbocycles. The molecular formula is C16H19F3N2O. The molecular weight excluding hydrogens is 293 g/mol. The minimum absolute atomic E-state index is 0.0346. The molecule has 1 aliphatic heterocycles. The number of benzene rings is 1. The molecule has 1 aliphatic carbocycles. The van der Waals surface area contributed by atoms with Gasteiger partial charge in [-0.25, -0.2) is 0 Å². The summed E-state index contributed by atoms with van der Waals surface area (Å²) >= 11 is 0. The molecule has 2 aliphatic rings. The van der Waals surface area contributed by atoms with Crippen LogP contribution in [0.4, 0.5) is 13.2 Å². The zero-order valence-electron chi connectivity index (χ0n) is 12.2. The topological polar surface area (TPSA) is 41.1 Å². The summed E-state index contributed by atoms with van der Waals surface area (Å²) in [4.78, 5) is 12.2. The average Bonchev–Trinajstić information content (AvgIpc) is 3.18. The minimum atomic E-state index is -4.39. The van der Waals surface area contributed by atoms with Crippen LogP contribution >= 0.6 is 0 Å². The van der Waals surface area contributed by atoms with E-state index < -0.39 is 11.7 Å². The van der Waals surface area contributed by atoms with Crippen LogP contribution in [0.15, 0.2) is 24.3 Å². The van der Waals surface area contributed by atoms with Crippen LogP contribution in [0.5, 0.6) is 0 Å². The molecule has 0 radical (unpaired) electrons. The van der Waals surface area contributed by atoms with Gasteiger partial charge < -0.3 is 10.6 Å². The summed E-state index contributed by atoms with van der Waals surface area (Å²) in [7, 11) is 0. The lowest BCUT2D eigenvalue weighted by Crippen LogP contribution is -2.33. The molecule has 3 nitrogen and oxygen atoms in total. The standard InChI is InChI=1S/C16H19F3N2O/c17-16(18,19)12-4-2-1-3-11(12)10-21-14(22)13-9-15(13)5-7-20-8-6-15/h1-4,13,20H,5-10H2,(H,21,22). The molecule has 3 rings (SSSR count). The fourth-order valence-electron chi connectivity index (χ4n) is 3.45. The van der Waals surface area contributed by atoms with E-state index in [0.717, 1.165) is 38.4 Å². The highest BCUT2D eigenvalue weighted by atomic mass is 19.4. The van der Waals surface area contributed by atoms with Gasteiger partial charge in [-0.05, 0) is 49.4 Å². The molecule has 1 aromatic rings. The van der Waals surface area contributed by atoms with E-state index >= 15 is 0 Å². The molecule has 0 bridgehead atoms. The third kappa shape index (κ3) is 2.97. The molecule has 6 heteroatoms. The van der Waals surface area contributed by atoms with Gasteiger partial charge in [-0.3, -0.25) is 4.79 Å². The highest BCUT2D eigenvalue weighted by molar-refractivity contribution is 5.82. The zero-order valence-corrected chi connectivity index (χ0v) is 12.2. The lowest BCUT2D eigenvalue weighted by Gasteiger charge is -2.23. The van der Waals surface area contributed by atoms with Gasteiger partial charge in [0.25, 0.3) is 0 Å². The third-order valence-electron chi connectivity index (χ3n) is 4.88. The first-order valence-corrected chi connectivity index (χ1v) is 7.56. The van der Waals surface area contributed by atoms with Gasteiger partial charge in [0.15, 0.2) is 0 Å². The number of carbonyl (C=O) groups excluding carboxylic acids is 1. The highest BCUT2D eigenvalue weighted by Gasteiger charge is 2.57. The quantitative estimate of drug-likeness (QED) is 0.901. The minimum Gasteiger partial charge on any atom is -0.352 e. The van der Waals surface area contributed by atoms with Gasteiger partial charge >= 0.3 is 6.18 Å². The van der Waals surface area contributed by atoms with E-state index in [1.165, 1.54) is 12.1 Å². The Kier molecular flexibility index (Phi) is 3.89. The van der Waals surface area contributed by atoms with E-state index in [2.05, 4.69) is 10.6 Å². The van der Waals surface area contributed by atoms with Crippen LogP contribution in [0.25, 0.3) is 0 Å². The Labute approximate surface area is 127 Å². The Morgan fingerprint density at radius 3 is 2.64 bits per heavy atom. The smallest absolute Gasteiger partial charge is 0.352 e. The number of hydrogen-bond acceptors (Lipinski definition) is 2. The first-order chi connectivity index (χ1) is 10.4. The van der Waals surface area contributed by atoms with Crippen molar-refractivity contribution in [1.29, 1.82) is 0 Å². The number of halogens is 3. The van der Waals surface area contributed by atoms with Crippen molar-refractivity contribution in [2.45, 2.75) is 32.0 Å². The van der Waals surface area contributed by atoms with Crippen LogP contribution in [-0.2, 0) is 17.5 Å². The molecule has 1 unspecified atom stereocenters. The molecule has 1 atom stereocenters. The molecule has 1 amide bonds. The molecule has 2 N–H and O–H groups in total. The number of hydrogen-bond donors (Lipinski definition) is 2. The summed E-state index contributed by atoms with van der Waals surface area (Å²) in [5, 5.41) is 5.95. The second kappa shape index (κ2) is 5.57. The first-order valence-electron chi connectivity index (χ1n) is 7.56. The maximum Gasteiger partial charge on any atom is 0.416 e. The molecule has 1 heterocycles. The van der Waals surface area contributed by atoms with E-state index in [1.54, 1.807) is 6.07 Å². The van der Waals surface area contributed by atoms with Crippen LogP contribution in [0.2, 0.25) is 0 Å². The third-order valence-corrected chi connectivity index (χ3v) is 4.88. The van der Waals surface area contributed by atoms with Gasteiger partial charge in [0.05, 0.1) is 5.56 Å². The lowest BCUT2D eigenvalue weighted by atomic mass is 9.92. The monoisotopic (exact) mass is 312 g/mol. The molecule has 120 valence electrons. The van der Waals surface area contributed by atoms with E-state index in [-0.39, 0.29) is 29.3 Å². The van der Waals surface area contributed by atoms with Gasteiger partial charge in [-0.1, -0.05) is 18.2 Å². The van der Waals surface area contributed by atoms with Gasteiger partial charge in [0, 0.05) is 12.5 Å². The predicted molar refractivity (Wildman–Crippen MR) is 75.9 cm³/mol. The SMILES string of the molecule is O=C(NCc1ccccc1C(F)(F)F)C1CC12CCNCC2. The van der Waals surface area contributed by atoms with Crippen molar-refractivity contribution in [3.63, 3.8) is 0 Å². The number of piperidine rings is 1. The van der Waals surface area contributed by atoms with E-state index in [4.69, 9.17) is 0 Å². The molecule has 1 saturated heterocycles. The summed E-state index contributed by atoms with van der Waals surface area (Å²) < 4.78 is 38.7. The fourth-order valence-corrected chi connectivity index (χ4v) is 3.45. The summed E-state index contributed by atoms with van der Waals surface area (Å²) in [5.41, 5.74) is -0.468. The predicted octanol–water partition coefficient (Wildman–Crippen LogP) is 2.71. The average molecular weight is 312 g/mol. The van der Waals surface area contributed by atoms with E-state index in [1.807, 2.05) is 0 Å². The van der Waals surface area contributed by atoms with Crippen molar-refractivity contribution < 1.29 is 18.0 Å². The normalized spacial score (nSPS) is 23.3. The first kappa shape index (κ1) is 15.3. The number of alkyl halides is 3. The Bertz CT molecular complexity index is 565. The lowest BCUT2D eigenvalue weighted by molar-refractivity contribution is -0.138. The van der Waals surface area contributed by atoms with Crippen LogP contribution in [-0.4, -0.2) is 19.0 Å². The Hall–Kier alpha value is -1.56. The molecule has 22 heavy (non-hydrogen) atoms. The number of rotatable bonds is 3. The summed E-state index contributed by atoms with van der Waals surface area (Å²) in [5.74, 6) is -0.147. The largest absolute Gasteiger partial charge is 0.416 e. The van der Waals surface area contributed by atoms with Gasteiger partial charge in [-0.2, -0.15) is 13.2 Å². The van der Waals surface area contributed by atoms with E-state index in [9.17, 15) is 18.0 Å². The number of carbonyl (C=O) groups is 1. The number of nitrogens with one attached hydrogen (secondary N) is 2. The van der Waals surface area contributed by atoms with Crippen LogP contribution in [0.3, 0.4) is 0 Å². The van der Waals surface area contributed by atoms with Crippen LogP contribution < -0.4 is 10.6 Å². The Morgan fingerprint density at radius 1 is 1.27 bits per heavy atom. The van der Waals surface area contributed by atoms with E-state index in [0.29, 0.717) is 0 Å². The molecule has 0 aromatic heterocycles. The highest BCUT2D eigenvalue weighted by Crippen LogP contribution is 2.58. The molecule has 1 spiro atoms. The van der Waals surface area contributed by atoms with Crippen molar-refractivity contribution in [2.75, 3.05) is 13.1 Å². The van der Waals surface area contributed by atoms with Crippen LogP contribution in [0.1, 0.15) is 30.4 Å². The summed E-state index contributed by atoms with van der Waals surface area (Å²) in [6, 6.07) is 5.38. The Morgan fingerprint density at radius 2 is 1.95 bits per heavy atom. The zero-order chi connectivity index (χ0) is 15.8. The second-order valence-electron chi connectivity index (χ2n) is 6.24. The maximum absolute atomic E-state index is 12.9. The van der Waals surface area contributed by atoms with Crippen molar-refractivity contribution in [1.82, 2.24) is 10.6 Å². The van der Waals surface area contributed by atoms with Gasteiger partial charge in [-0.15, -0.1) is 0 Å². The van der Waals surface area contributed by atoms with Crippen molar-refractivity contribution >= 4 is 5.91 Å². The van der Waals surface area contributed by atoms with Crippen molar-refractivity contribution in [2.24, 2.45) is 11.3 Å². The van der Waals surface area contributed by atoms with Gasteiger partial charge in [0.2, 0.25) is 5.91 Å². The molecule has 1 saturated carbocycles. The molecule has 2 fully saturated rings. The van der Waals surface area contributed by atoms with Gasteiger partial charge in [0.1, 0.15) is 0 Å². The second-order valence-corrected chi connectivity index (χ2v) is 6.24. The fraction of sp³-hybridized carbons (Fsp3) is 0.562. The summed E-state index contributed by atoms with van der Waals surface area (Å²) in [6.07, 6.45) is -1.58. The maximum atomic E-state index is 12.9. The van der Waals surface area contributed by atoms with Crippen molar-refractivity contribution in [3.05, 3.63) is 35.4 Å². The Balaban J connectivity index is 1.61. The van der Waals surface area contributed by atoms with Crippen molar-refractivity contribution in [3.8, 4) is 0 Å². The van der Waals surface area contributed by atoms with Crippen LogP contribution in [0, 0.1) is 11.3 Å². The summed E-state index contributed by atoms with van der Waals surface area (Å²) in [6.45, 7) is 1.76. The number of amides is 1.